The van der Waals surface area contributed by atoms with Gasteiger partial charge in [0.25, 0.3) is 0 Å². The lowest BCUT2D eigenvalue weighted by Crippen LogP contribution is -2.36. The predicted octanol–water partition coefficient (Wildman–Crippen LogP) is 3.65. The Labute approximate surface area is 123 Å². The van der Waals surface area contributed by atoms with Crippen molar-refractivity contribution >= 4 is 0 Å². The Morgan fingerprint density at radius 1 is 1.19 bits per heavy atom. The summed E-state index contributed by atoms with van der Waals surface area (Å²) in [7, 11) is 1.51. The number of alkyl halides is 3. The summed E-state index contributed by atoms with van der Waals surface area (Å²) in [5, 5.41) is 0. The zero-order valence-corrected chi connectivity index (χ0v) is 12.8. The van der Waals surface area contributed by atoms with Gasteiger partial charge in [0.2, 0.25) is 0 Å². The lowest BCUT2D eigenvalue weighted by Gasteiger charge is -2.27. The molecule has 0 radical (unpaired) electrons. The first kappa shape index (κ1) is 17.6. The van der Waals surface area contributed by atoms with E-state index in [0.29, 0.717) is 11.3 Å². The van der Waals surface area contributed by atoms with Crippen LogP contribution in [-0.2, 0) is 5.41 Å². The fourth-order valence-corrected chi connectivity index (χ4v) is 1.92. The summed E-state index contributed by atoms with van der Waals surface area (Å²) >= 11 is 0. The summed E-state index contributed by atoms with van der Waals surface area (Å²) in [6, 6.07) is 4.79. The van der Waals surface area contributed by atoms with Gasteiger partial charge in [-0.05, 0) is 30.2 Å². The second-order valence-electron chi connectivity index (χ2n) is 5.84. The summed E-state index contributed by atoms with van der Waals surface area (Å²) in [4.78, 5) is 0. The molecule has 21 heavy (non-hydrogen) atoms. The highest BCUT2D eigenvalue weighted by molar-refractivity contribution is 5.44. The van der Waals surface area contributed by atoms with E-state index < -0.39 is 12.3 Å². The number of methoxy groups -OCH3 is 1. The molecule has 6 heteroatoms. The van der Waals surface area contributed by atoms with Gasteiger partial charge in [0.05, 0.1) is 7.11 Å². The minimum atomic E-state index is -4.45. The Morgan fingerprint density at radius 2 is 1.81 bits per heavy atom. The maximum atomic E-state index is 13.0. The molecule has 1 aromatic rings. The molecule has 0 heterocycles. The molecule has 0 bridgehead atoms. The third kappa shape index (κ3) is 4.81. The van der Waals surface area contributed by atoms with E-state index in [4.69, 9.17) is 15.2 Å². The highest BCUT2D eigenvalue weighted by Gasteiger charge is 2.41. The molecule has 0 fully saturated rings. The Hall–Kier alpha value is -1.43. The second-order valence-corrected chi connectivity index (χ2v) is 5.84. The van der Waals surface area contributed by atoms with E-state index in [1.165, 1.54) is 13.2 Å². The Morgan fingerprint density at radius 3 is 2.24 bits per heavy atom. The van der Waals surface area contributed by atoms with Crippen molar-refractivity contribution in [3.8, 4) is 11.5 Å². The van der Waals surface area contributed by atoms with Crippen molar-refractivity contribution in [1.82, 2.24) is 0 Å². The van der Waals surface area contributed by atoms with Gasteiger partial charge in [-0.3, -0.25) is 0 Å². The van der Waals surface area contributed by atoms with E-state index >= 15 is 0 Å². The molecule has 1 unspecified atom stereocenters. The summed E-state index contributed by atoms with van der Waals surface area (Å²) in [5.74, 6) is 0.786. The van der Waals surface area contributed by atoms with E-state index in [1.807, 2.05) is 20.8 Å². The van der Waals surface area contributed by atoms with E-state index in [9.17, 15) is 13.2 Å². The molecule has 2 N–H and O–H groups in total. The van der Waals surface area contributed by atoms with E-state index in [-0.39, 0.29) is 24.1 Å². The van der Waals surface area contributed by atoms with Crippen molar-refractivity contribution in [2.24, 2.45) is 5.73 Å². The monoisotopic (exact) mass is 305 g/mol. The van der Waals surface area contributed by atoms with Crippen LogP contribution in [0.5, 0.6) is 11.5 Å². The molecule has 0 aliphatic heterocycles. The van der Waals surface area contributed by atoms with Gasteiger partial charge in [-0.15, -0.1) is 0 Å². The van der Waals surface area contributed by atoms with Crippen LogP contribution in [0.25, 0.3) is 0 Å². The highest BCUT2D eigenvalue weighted by Crippen LogP contribution is 2.37. The van der Waals surface area contributed by atoms with E-state index in [1.54, 1.807) is 12.1 Å². The number of hydrogen-bond acceptors (Lipinski definition) is 3. The van der Waals surface area contributed by atoms with E-state index in [0.717, 1.165) is 0 Å². The molecular weight excluding hydrogens is 283 g/mol. The number of hydrogen-bond donors (Lipinski definition) is 1. The van der Waals surface area contributed by atoms with Crippen LogP contribution < -0.4 is 15.2 Å². The van der Waals surface area contributed by atoms with Crippen molar-refractivity contribution in [2.75, 3.05) is 13.7 Å². The van der Waals surface area contributed by atoms with Crippen molar-refractivity contribution in [1.29, 1.82) is 0 Å². The third-order valence-corrected chi connectivity index (χ3v) is 3.06. The molecular formula is C15H22F3NO2. The molecule has 0 spiro atoms. The van der Waals surface area contributed by atoms with Crippen LogP contribution in [0.1, 0.15) is 32.8 Å². The number of rotatable bonds is 5. The van der Waals surface area contributed by atoms with Crippen LogP contribution >= 0.6 is 0 Å². The zero-order valence-electron chi connectivity index (χ0n) is 12.8. The second kappa shape index (κ2) is 6.56. The Bertz CT molecular complexity index is 467. The average molecular weight is 305 g/mol. The van der Waals surface area contributed by atoms with Crippen molar-refractivity contribution in [3.05, 3.63) is 23.8 Å². The molecule has 3 nitrogen and oxygen atoms in total. The van der Waals surface area contributed by atoms with Gasteiger partial charge in [-0.2, -0.15) is 13.2 Å². The summed E-state index contributed by atoms with van der Waals surface area (Å²) < 4.78 is 49.2. The topological polar surface area (TPSA) is 44.5 Å². The van der Waals surface area contributed by atoms with Gasteiger partial charge in [0.1, 0.15) is 11.5 Å². The van der Waals surface area contributed by atoms with Crippen LogP contribution in [-0.4, -0.2) is 25.9 Å². The number of halogens is 3. The predicted molar refractivity (Wildman–Crippen MR) is 75.8 cm³/mol. The quantitative estimate of drug-likeness (QED) is 0.903. The minimum absolute atomic E-state index is 0.0921. The molecule has 0 aliphatic rings. The molecule has 0 saturated carbocycles. The van der Waals surface area contributed by atoms with Gasteiger partial charge in [0, 0.05) is 12.0 Å². The minimum Gasteiger partial charge on any atom is -0.497 e. The zero-order chi connectivity index (χ0) is 16.3. The van der Waals surface area contributed by atoms with E-state index in [2.05, 4.69) is 0 Å². The van der Waals surface area contributed by atoms with Gasteiger partial charge in [-0.1, -0.05) is 20.8 Å². The fourth-order valence-electron chi connectivity index (χ4n) is 1.92. The first-order valence-corrected chi connectivity index (χ1v) is 6.71. The normalized spacial score (nSPS) is 13.9. The first-order chi connectivity index (χ1) is 9.59. The molecule has 120 valence electrons. The Kier molecular flexibility index (Phi) is 5.50. The summed E-state index contributed by atoms with van der Waals surface area (Å²) in [6.07, 6.45) is -6.63. The van der Waals surface area contributed by atoms with Crippen LogP contribution in [0, 0.1) is 0 Å². The molecule has 1 atom stereocenters. The van der Waals surface area contributed by atoms with Crippen molar-refractivity contribution in [2.45, 2.75) is 44.9 Å². The fraction of sp³-hybridized carbons (Fsp3) is 0.600. The van der Waals surface area contributed by atoms with Crippen LogP contribution in [0.3, 0.4) is 0 Å². The Balaban J connectivity index is 3.17. The van der Waals surface area contributed by atoms with Crippen LogP contribution in [0.15, 0.2) is 18.2 Å². The molecule has 1 rings (SSSR count). The molecule has 0 amide bonds. The standard InChI is InChI=1S/C15H22F3NO2/c1-14(2,3)11-9-10(20-4)5-6-12(11)21-13(7-8-19)15(16,17)18/h5-6,9,13H,7-8,19H2,1-4H3. The number of nitrogens with two attached hydrogens (primary N) is 1. The molecule has 1 aromatic carbocycles. The lowest BCUT2D eigenvalue weighted by molar-refractivity contribution is -0.196. The molecule has 0 aromatic heterocycles. The van der Waals surface area contributed by atoms with Gasteiger partial charge in [0.15, 0.2) is 6.10 Å². The van der Waals surface area contributed by atoms with Crippen molar-refractivity contribution < 1.29 is 22.6 Å². The number of benzene rings is 1. The van der Waals surface area contributed by atoms with Gasteiger partial charge < -0.3 is 15.2 Å². The largest absolute Gasteiger partial charge is 0.497 e. The van der Waals surface area contributed by atoms with Gasteiger partial charge >= 0.3 is 6.18 Å². The summed E-state index contributed by atoms with van der Waals surface area (Å²) in [6.45, 7) is 5.62. The molecule has 0 saturated heterocycles. The average Bonchev–Trinajstić information content (AvgIpc) is 2.36. The highest BCUT2D eigenvalue weighted by atomic mass is 19.4. The van der Waals surface area contributed by atoms with Crippen LogP contribution in [0.2, 0.25) is 0 Å². The summed E-state index contributed by atoms with van der Waals surface area (Å²) in [5.41, 5.74) is 5.54. The maximum absolute atomic E-state index is 13.0. The third-order valence-electron chi connectivity index (χ3n) is 3.06. The number of ether oxygens (including phenoxy) is 2. The lowest BCUT2D eigenvalue weighted by atomic mass is 9.86. The molecule has 0 aliphatic carbocycles. The van der Waals surface area contributed by atoms with Gasteiger partial charge in [-0.25, -0.2) is 0 Å². The maximum Gasteiger partial charge on any atom is 0.425 e. The SMILES string of the molecule is COc1ccc(OC(CCN)C(F)(F)F)c(C(C)(C)C)c1. The van der Waals surface area contributed by atoms with Crippen molar-refractivity contribution in [3.63, 3.8) is 0 Å². The smallest absolute Gasteiger partial charge is 0.425 e. The first-order valence-electron chi connectivity index (χ1n) is 6.71. The van der Waals surface area contributed by atoms with Crippen LogP contribution in [0.4, 0.5) is 13.2 Å².